The second-order valence-corrected chi connectivity index (χ2v) is 2.18. The van der Waals surface area contributed by atoms with Gasteiger partial charge in [0.1, 0.15) is 0 Å². The molecule has 0 unspecified atom stereocenters. The molecule has 0 amide bonds. The zero-order valence-electron chi connectivity index (χ0n) is 6.94. The first-order valence-electron chi connectivity index (χ1n) is 3.76. The number of allylic oxidation sites excluding steroid dienone is 1. The summed E-state index contributed by atoms with van der Waals surface area (Å²) in [5, 5.41) is 9.81. The molecule has 0 spiro atoms. The maximum atomic E-state index is 9.81. The summed E-state index contributed by atoms with van der Waals surface area (Å²) in [5.41, 5.74) is 0. The lowest BCUT2D eigenvalue weighted by Gasteiger charge is -1.96. The standard InChI is InChI=1S/C8H13NO3/c1-2-7-12-8-5-3-4-6-9(10)11/h2,4,6H,1,3,5,7-8H2/b6-4+. The summed E-state index contributed by atoms with van der Waals surface area (Å²) in [4.78, 5) is 9.34. The molecule has 0 aliphatic rings. The van der Waals surface area contributed by atoms with Crippen molar-refractivity contribution < 1.29 is 9.66 Å². The van der Waals surface area contributed by atoms with Crippen LogP contribution in [0.2, 0.25) is 0 Å². The average Bonchev–Trinajstić information content (AvgIpc) is 2.02. The predicted molar refractivity (Wildman–Crippen MR) is 46.4 cm³/mol. The van der Waals surface area contributed by atoms with E-state index in [2.05, 4.69) is 6.58 Å². The molecule has 0 radical (unpaired) electrons. The molecule has 68 valence electrons. The van der Waals surface area contributed by atoms with Crippen LogP contribution in [-0.2, 0) is 4.74 Å². The quantitative estimate of drug-likeness (QED) is 0.254. The van der Waals surface area contributed by atoms with E-state index >= 15 is 0 Å². The Hall–Kier alpha value is -1.16. The zero-order chi connectivity index (χ0) is 9.23. The molecule has 0 aromatic heterocycles. The molecular formula is C8H13NO3. The Bertz CT molecular complexity index is 166. The van der Waals surface area contributed by atoms with Crippen LogP contribution in [0.3, 0.4) is 0 Å². The Morgan fingerprint density at radius 1 is 1.58 bits per heavy atom. The molecule has 0 atom stereocenters. The van der Waals surface area contributed by atoms with Gasteiger partial charge in [-0.1, -0.05) is 6.08 Å². The van der Waals surface area contributed by atoms with Gasteiger partial charge in [-0.25, -0.2) is 0 Å². The lowest BCUT2D eigenvalue weighted by Crippen LogP contribution is -1.93. The molecule has 0 aliphatic carbocycles. The Morgan fingerprint density at radius 3 is 2.92 bits per heavy atom. The molecule has 0 rings (SSSR count). The Kier molecular flexibility index (Phi) is 7.17. The fourth-order valence-corrected chi connectivity index (χ4v) is 0.631. The lowest BCUT2D eigenvalue weighted by atomic mass is 10.3. The predicted octanol–water partition coefficient (Wildman–Crippen LogP) is 1.76. The molecule has 4 heteroatoms. The van der Waals surface area contributed by atoms with Gasteiger partial charge in [-0.05, 0) is 18.9 Å². The second-order valence-electron chi connectivity index (χ2n) is 2.18. The fraction of sp³-hybridized carbons (Fsp3) is 0.500. The van der Waals surface area contributed by atoms with Crippen molar-refractivity contribution in [1.82, 2.24) is 0 Å². The molecule has 0 heterocycles. The number of unbranched alkanes of at least 4 members (excludes halogenated alkanes) is 1. The largest absolute Gasteiger partial charge is 0.377 e. The molecule has 0 bridgehead atoms. The normalized spacial score (nSPS) is 10.3. The molecule has 4 nitrogen and oxygen atoms in total. The topological polar surface area (TPSA) is 52.4 Å². The van der Waals surface area contributed by atoms with Crippen LogP contribution in [0.4, 0.5) is 0 Å². The van der Waals surface area contributed by atoms with Crippen molar-refractivity contribution in [2.45, 2.75) is 12.8 Å². The van der Waals surface area contributed by atoms with Gasteiger partial charge >= 0.3 is 0 Å². The lowest BCUT2D eigenvalue weighted by molar-refractivity contribution is -0.402. The van der Waals surface area contributed by atoms with Gasteiger partial charge in [-0.3, -0.25) is 10.1 Å². The third-order valence-corrected chi connectivity index (χ3v) is 1.12. The highest BCUT2D eigenvalue weighted by Crippen LogP contribution is 1.92. The van der Waals surface area contributed by atoms with Crippen molar-refractivity contribution in [1.29, 1.82) is 0 Å². The molecule has 0 fully saturated rings. The van der Waals surface area contributed by atoms with Gasteiger partial charge in [0.2, 0.25) is 6.20 Å². The maximum absolute atomic E-state index is 9.81. The highest BCUT2D eigenvalue weighted by atomic mass is 16.6. The minimum atomic E-state index is -0.468. The Balaban J connectivity index is 3.10. The molecule has 0 aliphatic heterocycles. The summed E-state index contributed by atoms with van der Waals surface area (Å²) < 4.78 is 5.07. The second kappa shape index (κ2) is 7.94. The summed E-state index contributed by atoms with van der Waals surface area (Å²) in [5.74, 6) is 0. The number of nitrogens with zero attached hydrogens (tertiary/aromatic N) is 1. The molecule has 0 aromatic carbocycles. The molecule has 0 N–H and O–H groups in total. The van der Waals surface area contributed by atoms with Crippen molar-refractivity contribution in [2.24, 2.45) is 0 Å². The van der Waals surface area contributed by atoms with Crippen LogP contribution >= 0.6 is 0 Å². The van der Waals surface area contributed by atoms with Gasteiger partial charge in [0.05, 0.1) is 11.5 Å². The third kappa shape index (κ3) is 8.84. The minimum Gasteiger partial charge on any atom is -0.377 e. The Labute approximate surface area is 71.7 Å². The van der Waals surface area contributed by atoms with Crippen LogP contribution in [0.25, 0.3) is 0 Å². The van der Waals surface area contributed by atoms with E-state index in [0.717, 1.165) is 12.6 Å². The summed E-state index contributed by atoms with van der Waals surface area (Å²) in [7, 11) is 0. The van der Waals surface area contributed by atoms with E-state index in [1.54, 1.807) is 6.08 Å². The van der Waals surface area contributed by atoms with Crippen LogP contribution in [-0.4, -0.2) is 18.1 Å². The van der Waals surface area contributed by atoms with Gasteiger partial charge < -0.3 is 4.74 Å². The number of ether oxygens (including phenoxy) is 1. The number of hydrogen-bond donors (Lipinski definition) is 0. The monoisotopic (exact) mass is 171 g/mol. The SMILES string of the molecule is C=CCOCCC/C=C/[N+](=O)[O-]. The highest BCUT2D eigenvalue weighted by molar-refractivity contribution is 4.72. The molecule has 0 saturated carbocycles. The minimum absolute atomic E-state index is 0.468. The van der Waals surface area contributed by atoms with Crippen LogP contribution in [0.1, 0.15) is 12.8 Å². The van der Waals surface area contributed by atoms with E-state index in [1.165, 1.54) is 6.08 Å². The van der Waals surface area contributed by atoms with Gasteiger partial charge in [-0.2, -0.15) is 0 Å². The van der Waals surface area contributed by atoms with Crippen LogP contribution < -0.4 is 0 Å². The fourth-order valence-electron chi connectivity index (χ4n) is 0.631. The van der Waals surface area contributed by atoms with Crippen LogP contribution in [0, 0.1) is 10.1 Å². The highest BCUT2D eigenvalue weighted by Gasteiger charge is 1.86. The van der Waals surface area contributed by atoms with E-state index < -0.39 is 4.92 Å². The van der Waals surface area contributed by atoms with E-state index in [0.29, 0.717) is 19.6 Å². The first-order chi connectivity index (χ1) is 5.77. The summed E-state index contributed by atoms with van der Waals surface area (Å²) in [6.07, 6.45) is 5.63. The van der Waals surface area contributed by atoms with Crippen molar-refractivity contribution in [3.63, 3.8) is 0 Å². The third-order valence-electron chi connectivity index (χ3n) is 1.12. The number of rotatable bonds is 7. The van der Waals surface area contributed by atoms with Crippen LogP contribution in [0.5, 0.6) is 0 Å². The van der Waals surface area contributed by atoms with Gasteiger partial charge in [0.25, 0.3) is 0 Å². The van der Waals surface area contributed by atoms with Crippen molar-refractivity contribution in [3.8, 4) is 0 Å². The van der Waals surface area contributed by atoms with E-state index in [1.807, 2.05) is 0 Å². The average molecular weight is 171 g/mol. The smallest absolute Gasteiger partial charge is 0.230 e. The van der Waals surface area contributed by atoms with Gasteiger partial charge in [0, 0.05) is 6.61 Å². The number of hydrogen-bond acceptors (Lipinski definition) is 3. The van der Waals surface area contributed by atoms with E-state index in [4.69, 9.17) is 4.74 Å². The van der Waals surface area contributed by atoms with Gasteiger partial charge in [-0.15, -0.1) is 6.58 Å². The molecule has 0 saturated heterocycles. The van der Waals surface area contributed by atoms with E-state index in [-0.39, 0.29) is 0 Å². The zero-order valence-corrected chi connectivity index (χ0v) is 6.94. The van der Waals surface area contributed by atoms with Crippen LogP contribution in [0.15, 0.2) is 24.9 Å². The van der Waals surface area contributed by atoms with Crippen molar-refractivity contribution in [2.75, 3.05) is 13.2 Å². The molecule has 0 aromatic rings. The maximum Gasteiger partial charge on any atom is 0.230 e. The molecular weight excluding hydrogens is 158 g/mol. The first-order valence-corrected chi connectivity index (χ1v) is 3.76. The summed E-state index contributed by atoms with van der Waals surface area (Å²) in [6.45, 7) is 4.65. The number of nitro groups is 1. The Morgan fingerprint density at radius 2 is 2.33 bits per heavy atom. The summed E-state index contributed by atoms with van der Waals surface area (Å²) in [6, 6.07) is 0. The van der Waals surface area contributed by atoms with Gasteiger partial charge in [0.15, 0.2) is 0 Å². The van der Waals surface area contributed by atoms with E-state index in [9.17, 15) is 10.1 Å². The van der Waals surface area contributed by atoms with Crippen molar-refractivity contribution in [3.05, 3.63) is 35.0 Å². The molecule has 12 heavy (non-hydrogen) atoms. The first kappa shape index (κ1) is 10.8. The van der Waals surface area contributed by atoms with Crippen molar-refractivity contribution >= 4 is 0 Å². The summed E-state index contributed by atoms with van der Waals surface area (Å²) >= 11 is 0.